The summed E-state index contributed by atoms with van der Waals surface area (Å²) in [6.45, 7) is 3.18. The van der Waals surface area contributed by atoms with Gasteiger partial charge >= 0.3 is 0 Å². The molecule has 0 spiro atoms. The van der Waals surface area contributed by atoms with Crippen molar-refractivity contribution in [3.05, 3.63) is 41.5 Å². The van der Waals surface area contributed by atoms with Crippen LogP contribution in [0.4, 0.5) is 14.6 Å². The van der Waals surface area contributed by atoms with Crippen LogP contribution >= 0.6 is 0 Å². The molecule has 1 aliphatic heterocycles. The number of aromatic nitrogens is 4. The van der Waals surface area contributed by atoms with Crippen molar-refractivity contribution in [2.75, 3.05) is 18.5 Å². The maximum atomic E-state index is 14.2. The second-order valence-electron chi connectivity index (χ2n) is 8.10. The Hall–Kier alpha value is -2.94. The summed E-state index contributed by atoms with van der Waals surface area (Å²) >= 11 is 0. The summed E-state index contributed by atoms with van der Waals surface area (Å²) in [5.74, 6) is -2.59. The molecule has 0 radical (unpaired) electrons. The van der Waals surface area contributed by atoms with Gasteiger partial charge in [0.1, 0.15) is 11.5 Å². The van der Waals surface area contributed by atoms with E-state index in [0.29, 0.717) is 41.8 Å². The first-order valence-electron chi connectivity index (χ1n) is 9.94. The lowest BCUT2D eigenvalue weighted by molar-refractivity contribution is -0.114. The number of carbonyl (C=O) groups is 1. The number of amides is 1. The number of rotatable bonds is 5. The zero-order chi connectivity index (χ0) is 21.0. The second kappa shape index (κ2) is 6.80. The van der Waals surface area contributed by atoms with Crippen molar-refractivity contribution in [2.24, 2.45) is 0 Å². The van der Waals surface area contributed by atoms with Gasteiger partial charge in [-0.2, -0.15) is 13.9 Å². The third-order valence-electron chi connectivity index (χ3n) is 5.44. The molecule has 4 heterocycles. The van der Waals surface area contributed by atoms with E-state index < -0.39 is 5.92 Å². The average Bonchev–Trinajstić information content (AvgIpc) is 3.40. The van der Waals surface area contributed by atoms with Crippen molar-refractivity contribution in [3.8, 4) is 5.69 Å². The monoisotopic (exact) mass is 413 g/mol. The summed E-state index contributed by atoms with van der Waals surface area (Å²) in [7, 11) is 0. The van der Waals surface area contributed by atoms with Crippen LogP contribution in [0.1, 0.15) is 55.6 Å². The summed E-state index contributed by atoms with van der Waals surface area (Å²) in [6.07, 6.45) is 3.77. The molecule has 1 saturated heterocycles. The maximum Gasteiger partial charge on any atom is 0.287 e. The first-order valence-corrected chi connectivity index (χ1v) is 9.94. The smallest absolute Gasteiger partial charge is 0.287 e. The summed E-state index contributed by atoms with van der Waals surface area (Å²) in [5, 5.41) is 8.31. The summed E-state index contributed by atoms with van der Waals surface area (Å²) < 4.78 is 35.3. The normalized spacial score (nSPS) is 17.2. The Morgan fingerprint density at radius 1 is 1.23 bits per heavy atom. The van der Waals surface area contributed by atoms with Gasteiger partial charge in [0.2, 0.25) is 5.91 Å². The fourth-order valence-corrected chi connectivity index (χ4v) is 3.64. The minimum atomic E-state index is -3.08. The number of hydrogen-bond donors (Lipinski definition) is 1. The number of anilines is 1. The van der Waals surface area contributed by atoms with Crippen molar-refractivity contribution < 1.29 is 18.3 Å². The van der Waals surface area contributed by atoms with Gasteiger partial charge in [0, 0.05) is 43.3 Å². The van der Waals surface area contributed by atoms with Crippen molar-refractivity contribution >= 4 is 22.6 Å². The third kappa shape index (κ3) is 3.43. The van der Waals surface area contributed by atoms with E-state index in [-0.39, 0.29) is 17.5 Å². The molecule has 1 amide bonds. The van der Waals surface area contributed by atoms with Gasteiger partial charge in [-0.05, 0) is 25.0 Å². The average molecular weight is 413 g/mol. The third-order valence-corrected chi connectivity index (χ3v) is 5.44. The Balaban J connectivity index is 1.70. The lowest BCUT2D eigenvalue weighted by atomic mass is 10.0. The van der Waals surface area contributed by atoms with E-state index in [0.717, 1.165) is 30.8 Å². The minimum Gasteiger partial charge on any atom is -0.380 e. The van der Waals surface area contributed by atoms with Crippen LogP contribution in [0.5, 0.6) is 0 Å². The van der Waals surface area contributed by atoms with Gasteiger partial charge in [0.25, 0.3) is 5.92 Å². The first kappa shape index (κ1) is 19.0. The number of alkyl halides is 2. The molecule has 2 fully saturated rings. The van der Waals surface area contributed by atoms with Crippen LogP contribution in [0.2, 0.25) is 0 Å². The molecular weight excluding hydrogens is 392 g/mol. The zero-order valence-corrected chi connectivity index (χ0v) is 16.7. The van der Waals surface area contributed by atoms with Crippen LogP contribution < -0.4 is 5.32 Å². The van der Waals surface area contributed by atoms with E-state index >= 15 is 0 Å². The molecule has 30 heavy (non-hydrogen) atoms. The number of nitrogens with one attached hydrogen (secondary N) is 1. The highest BCUT2D eigenvalue weighted by Gasteiger charge is 2.33. The molecule has 3 aromatic rings. The fraction of sp³-hybridized carbons (Fsp3) is 0.429. The molecule has 1 saturated carbocycles. The number of hydrogen-bond acceptors (Lipinski definition) is 5. The van der Waals surface area contributed by atoms with Crippen LogP contribution in [-0.2, 0) is 15.5 Å². The maximum absolute atomic E-state index is 14.2. The SMILES string of the molecule is CC(=O)Nc1cc2c(cn1)c(C1CC1)nn2-c1cc(C2COC2)nc(C(C)(F)F)c1. The highest BCUT2D eigenvalue weighted by Crippen LogP contribution is 2.43. The minimum absolute atomic E-state index is 0.00705. The first-order chi connectivity index (χ1) is 14.3. The van der Waals surface area contributed by atoms with Gasteiger partial charge < -0.3 is 10.1 Å². The molecule has 7 nitrogen and oxygen atoms in total. The molecule has 156 valence electrons. The summed E-state index contributed by atoms with van der Waals surface area (Å²) in [5.41, 5.74) is 2.41. The summed E-state index contributed by atoms with van der Waals surface area (Å²) in [6, 6.07) is 4.90. The van der Waals surface area contributed by atoms with E-state index in [1.54, 1.807) is 23.0 Å². The van der Waals surface area contributed by atoms with Gasteiger partial charge in [-0.15, -0.1) is 0 Å². The molecule has 5 rings (SSSR count). The highest BCUT2D eigenvalue weighted by atomic mass is 19.3. The topological polar surface area (TPSA) is 81.9 Å². The van der Waals surface area contributed by atoms with Gasteiger partial charge in [0.05, 0.1) is 35.8 Å². The molecule has 2 aliphatic rings. The Kier molecular flexibility index (Phi) is 4.32. The zero-order valence-electron chi connectivity index (χ0n) is 16.7. The quantitative estimate of drug-likeness (QED) is 0.687. The number of fused-ring (bicyclic) bond motifs is 1. The molecule has 9 heteroatoms. The number of nitrogens with zero attached hydrogens (tertiary/aromatic N) is 4. The summed E-state index contributed by atoms with van der Waals surface area (Å²) in [4.78, 5) is 20.0. The molecule has 0 atom stereocenters. The van der Waals surface area contributed by atoms with Crippen molar-refractivity contribution in [1.29, 1.82) is 0 Å². The van der Waals surface area contributed by atoms with Gasteiger partial charge in [-0.1, -0.05) is 0 Å². The molecular formula is C21H21F2N5O2. The van der Waals surface area contributed by atoms with Crippen LogP contribution in [0.15, 0.2) is 24.4 Å². The van der Waals surface area contributed by atoms with Crippen molar-refractivity contribution in [1.82, 2.24) is 19.7 Å². The van der Waals surface area contributed by atoms with Crippen LogP contribution in [0, 0.1) is 0 Å². The Morgan fingerprint density at radius 2 is 2.00 bits per heavy atom. The van der Waals surface area contributed by atoms with Crippen molar-refractivity contribution in [2.45, 2.75) is 44.4 Å². The van der Waals surface area contributed by atoms with Gasteiger partial charge in [0.15, 0.2) is 0 Å². The van der Waals surface area contributed by atoms with E-state index in [2.05, 4.69) is 15.3 Å². The largest absolute Gasteiger partial charge is 0.380 e. The Bertz CT molecular complexity index is 1150. The standard InChI is InChI=1S/C21H21F2N5O2/c1-11(29)25-19-7-17-15(8-24-19)20(12-3-4-12)27-28(17)14-5-16(13-9-30-10-13)26-18(6-14)21(2,22)23/h5-8,12-13H,3-4,9-10H2,1-2H3,(H,24,25,29). The number of carbonyl (C=O) groups excluding carboxylic acids is 1. The van der Waals surface area contributed by atoms with E-state index in [1.807, 2.05) is 0 Å². The van der Waals surface area contributed by atoms with Gasteiger partial charge in [-0.25, -0.2) is 9.67 Å². The number of ether oxygens (including phenoxy) is 1. The van der Waals surface area contributed by atoms with E-state index in [1.165, 1.54) is 13.0 Å². The van der Waals surface area contributed by atoms with E-state index in [9.17, 15) is 13.6 Å². The van der Waals surface area contributed by atoms with E-state index in [4.69, 9.17) is 9.84 Å². The van der Waals surface area contributed by atoms with Crippen LogP contribution in [0.3, 0.4) is 0 Å². The molecule has 0 bridgehead atoms. The predicted octanol–water partition coefficient (Wildman–Crippen LogP) is 3.88. The molecule has 0 aromatic carbocycles. The highest BCUT2D eigenvalue weighted by molar-refractivity contribution is 5.91. The van der Waals surface area contributed by atoms with Gasteiger partial charge in [-0.3, -0.25) is 9.78 Å². The number of pyridine rings is 2. The molecule has 1 aliphatic carbocycles. The fourth-order valence-electron chi connectivity index (χ4n) is 3.64. The van der Waals surface area contributed by atoms with Crippen LogP contribution in [-0.4, -0.2) is 38.9 Å². The van der Waals surface area contributed by atoms with Crippen LogP contribution in [0.25, 0.3) is 16.6 Å². The molecule has 1 N–H and O–H groups in total. The molecule has 0 unspecified atom stereocenters. The second-order valence-corrected chi connectivity index (χ2v) is 8.10. The van der Waals surface area contributed by atoms with Crippen molar-refractivity contribution in [3.63, 3.8) is 0 Å². The number of halogens is 2. The Labute approximate surface area is 171 Å². The lowest BCUT2D eigenvalue weighted by Gasteiger charge is -2.26. The predicted molar refractivity (Wildman–Crippen MR) is 106 cm³/mol. The Morgan fingerprint density at radius 3 is 2.60 bits per heavy atom. The molecule has 3 aromatic heterocycles. The lowest BCUT2D eigenvalue weighted by Crippen LogP contribution is -2.27.